The van der Waals surface area contributed by atoms with Crippen LogP contribution in [0.15, 0.2) is 42.5 Å². The number of hydrogen-bond donors (Lipinski definition) is 1. The van der Waals surface area contributed by atoms with Gasteiger partial charge < -0.3 is 10.1 Å². The highest BCUT2D eigenvalue weighted by Gasteiger charge is 2.08. The van der Waals surface area contributed by atoms with Crippen molar-refractivity contribution in [3.8, 4) is 5.75 Å². The first-order valence-electron chi connectivity index (χ1n) is 6.80. The van der Waals surface area contributed by atoms with Gasteiger partial charge in [-0.1, -0.05) is 29.8 Å². The molecule has 0 aromatic heterocycles. The predicted octanol–water partition coefficient (Wildman–Crippen LogP) is 3.77. The first kappa shape index (κ1) is 15.4. The molecule has 2 rings (SSSR count). The first-order chi connectivity index (χ1) is 10.1. The largest absolute Gasteiger partial charge is 0.492 e. The smallest absolute Gasteiger partial charge is 0.252 e. The van der Waals surface area contributed by atoms with Crippen molar-refractivity contribution < 1.29 is 9.53 Å². The van der Waals surface area contributed by atoms with E-state index in [9.17, 15) is 4.79 Å². The summed E-state index contributed by atoms with van der Waals surface area (Å²) in [4.78, 5) is 11.9. The van der Waals surface area contributed by atoms with Gasteiger partial charge in [0.2, 0.25) is 0 Å². The van der Waals surface area contributed by atoms with E-state index >= 15 is 0 Å². The van der Waals surface area contributed by atoms with Crippen LogP contribution < -0.4 is 10.1 Å². The van der Waals surface area contributed by atoms with E-state index in [1.807, 2.05) is 26.0 Å². The molecule has 1 N–H and O–H groups in total. The highest BCUT2D eigenvalue weighted by Crippen LogP contribution is 2.16. The Morgan fingerprint density at radius 1 is 1.14 bits per heavy atom. The number of aryl methyl sites for hydroxylation is 2. The minimum atomic E-state index is -0.190. The highest BCUT2D eigenvalue weighted by atomic mass is 35.5. The number of carbonyl (C=O) groups excluding carboxylic acids is 1. The molecule has 2 aromatic carbocycles. The fraction of sp³-hybridized carbons (Fsp3) is 0.235. The number of halogens is 1. The van der Waals surface area contributed by atoms with Crippen LogP contribution in [0.25, 0.3) is 0 Å². The van der Waals surface area contributed by atoms with Gasteiger partial charge in [-0.15, -0.1) is 0 Å². The van der Waals surface area contributed by atoms with E-state index < -0.39 is 0 Å². The zero-order chi connectivity index (χ0) is 15.2. The maximum absolute atomic E-state index is 11.9. The van der Waals surface area contributed by atoms with E-state index in [1.54, 1.807) is 24.3 Å². The molecule has 0 aliphatic rings. The lowest BCUT2D eigenvalue weighted by Crippen LogP contribution is -2.28. The lowest BCUT2D eigenvalue weighted by Gasteiger charge is -2.10. The Kier molecular flexibility index (Phi) is 5.23. The minimum Gasteiger partial charge on any atom is -0.492 e. The van der Waals surface area contributed by atoms with Crippen LogP contribution in [0.5, 0.6) is 5.75 Å². The fourth-order valence-corrected chi connectivity index (χ4v) is 2.31. The number of benzene rings is 2. The second kappa shape index (κ2) is 7.14. The van der Waals surface area contributed by atoms with Gasteiger partial charge in [-0.05, 0) is 49.2 Å². The summed E-state index contributed by atoms with van der Waals surface area (Å²) in [5, 5.41) is 3.24. The van der Waals surface area contributed by atoms with Crippen molar-refractivity contribution in [2.75, 3.05) is 13.2 Å². The van der Waals surface area contributed by atoms with Crippen LogP contribution in [0.3, 0.4) is 0 Å². The molecule has 0 saturated heterocycles. The molecule has 0 fully saturated rings. The Labute approximate surface area is 129 Å². The molecule has 0 heterocycles. The third-order valence-corrected chi connectivity index (χ3v) is 3.30. The molecular weight excluding hydrogens is 286 g/mol. The number of hydrogen-bond acceptors (Lipinski definition) is 2. The zero-order valence-corrected chi connectivity index (χ0v) is 12.9. The van der Waals surface area contributed by atoms with Gasteiger partial charge in [-0.2, -0.15) is 0 Å². The van der Waals surface area contributed by atoms with Crippen LogP contribution in [-0.2, 0) is 0 Å². The monoisotopic (exact) mass is 303 g/mol. The summed E-state index contributed by atoms with van der Waals surface area (Å²) in [5.41, 5.74) is 2.79. The van der Waals surface area contributed by atoms with Crippen molar-refractivity contribution >= 4 is 17.5 Å². The van der Waals surface area contributed by atoms with Gasteiger partial charge in [0, 0.05) is 0 Å². The van der Waals surface area contributed by atoms with Gasteiger partial charge in [0.05, 0.1) is 17.1 Å². The van der Waals surface area contributed by atoms with Gasteiger partial charge in [-0.3, -0.25) is 4.79 Å². The first-order valence-corrected chi connectivity index (χ1v) is 7.18. The molecule has 110 valence electrons. The summed E-state index contributed by atoms with van der Waals surface area (Å²) >= 11 is 5.97. The molecule has 0 spiro atoms. The van der Waals surface area contributed by atoms with Gasteiger partial charge in [-0.25, -0.2) is 0 Å². The summed E-state index contributed by atoms with van der Waals surface area (Å²) in [6, 6.07) is 13.0. The van der Waals surface area contributed by atoms with Crippen LogP contribution in [0.2, 0.25) is 5.02 Å². The van der Waals surface area contributed by atoms with Gasteiger partial charge in [0.1, 0.15) is 12.4 Å². The average molecular weight is 304 g/mol. The number of ether oxygens (including phenoxy) is 1. The molecule has 0 atom stereocenters. The Hall–Kier alpha value is -2.00. The van der Waals surface area contributed by atoms with Crippen molar-refractivity contribution in [1.82, 2.24) is 5.32 Å². The van der Waals surface area contributed by atoms with E-state index in [-0.39, 0.29) is 5.91 Å². The van der Waals surface area contributed by atoms with E-state index in [0.29, 0.717) is 23.7 Å². The minimum absolute atomic E-state index is 0.190. The van der Waals surface area contributed by atoms with E-state index in [1.165, 1.54) is 0 Å². The molecular formula is C17H18ClNO2. The second-order valence-corrected chi connectivity index (χ2v) is 5.31. The molecule has 1 amide bonds. The third kappa shape index (κ3) is 4.50. The summed E-state index contributed by atoms with van der Waals surface area (Å²) in [6.45, 7) is 4.90. The molecule has 0 unspecified atom stereocenters. The molecule has 0 radical (unpaired) electrons. The lowest BCUT2D eigenvalue weighted by molar-refractivity contribution is 0.0947. The highest BCUT2D eigenvalue weighted by molar-refractivity contribution is 6.33. The summed E-state index contributed by atoms with van der Waals surface area (Å²) in [6.07, 6.45) is 0. The maximum Gasteiger partial charge on any atom is 0.252 e. The standard InChI is InChI=1S/C17H18ClNO2/c1-12-9-13(2)11-14(10-12)21-8-7-19-17(20)15-5-3-4-6-16(15)18/h3-6,9-11H,7-8H2,1-2H3,(H,19,20). The lowest BCUT2D eigenvalue weighted by atomic mass is 10.1. The molecule has 4 heteroatoms. The van der Waals surface area contributed by atoms with Crippen molar-refractivity contribution in [2.24, 2.45) is 0 Å². The second-order valence-electron chi connectivity index (χ2n) is 4.91. The van der Waals surface area contributed by atoms with Crippen molar-refractivity contribution in [3.05, 3.63) is 64.2 Å². The predicted molar refractivity (Wildman–Crippen MR) is 85.2 cm³/mol. The summed E-state index contributed by atoms with van der Waals surface area (Å²) in [7, 11) is 0. The molecule has 21 heavy (non-hydrogen) atoms. The molecule has 0 saturated carbocycles. The SMILES string of the molecule is Cc1cc(C)cc(OCCNC(=O)c2ccccc2Cl)c1. The van der Waals surface area contributed by atoms with Crippen molar-refractivity contribution in [2.45, 2.75) is 13.8 Å². The van der Waals surface area contributed by atoms with Gasteiger partial charge in [0.15, 0.2) is 0 Å². The van der Waals surface area contributed by atoms with Gasteiger partial charge in [0.25, 0.3) is 5.91 Å². The zero-order valence-electron chi connectivity index (χ0n) is 12.2. The summed E-state index contributed by atoms with van der Waals surface area (Å²) in [5.74, 6) is 0.629. The topological polar surface area (TPSA) is 38.3 Å². The quantitative estimate of drug-likeness (QED) is 0.854. The normalized spacial score (nSPS) is 10.2. The number of nitrogens with one attached hydrogen (secondary N) is 1. The van der Waals surface area contributed by atoms with E-state index in [2.05, 4.69) is 11.4 Å². The van der Waals surface area contributed by atoms with Crippen LogP contribution in [0.4, 0.5) is 0 Å². The third-order valence-electron chi connectivity index (χ3n) is 2.97. The van der Waals surface area contributed by atoms with Crippen LogP contribution in [-0.4, -0.2) is 19.1 Å². The Morgan fingerprint density at radius 3 is 2.48 bits per heavy atom. The van der Waals surface area contributed by atoms with E-state index in [4.69, 9.17) is 16.3 Å². The summed E-state index contributed by atoms with van der Waals surface area (Å²) < 4.78 is 5.64. The van der Waals surface area contributed by atoms with Crippen LogP contribution in [0, 0.1) is 13.8 Å². The number of rotatable bonds is 5. The molecule has 0 aliphatic carbocycles. The van der Waals surface area contributed by atoms with Crippen LogP contribution >= 0.6 is 11.6 Å². The van der Waals surface area contributed by atoms with Gasteiger partial charge >= 0.3 is 0 Å². The molecule has 0 bridgehead atoms. The number of carbonyl (C=O) groups is 1. The maximum atomic E-state index is 11.9. The van der Waals surface area contributed by atoms with Crippen LogP contribution in [0.1, 0.15) is 21.5 Å². The molecule has 0 aliphatic heterocycles. The fourth-order valence-electron chi connectivity index (χ4n) is 2.09. The molecule has 2 aromatic rings. The number of amides is 1. The Balaban J connectivity index is 1.82. The van der Waals surface area contributed by atoms with Crippen molar-refractivity contribution in [1.29, 1.82) is 0 Å². The van der Waals surface area contributed by atoms with Crippen molar-refractivity contribution in [3.63, 3.8) is 0 Å². The molecule has 3 nitrogen and oxygen atoms in total. The Morgan fingerprint density at radius 2 is 1.81 bits per heavy atom. The van der Waals surface area contributed by atoms with E-state index in [0.717, 1.165) is 16.9 Å². The average Bonchev–Trinajstić information content (AvgIpc) is 2.43. The Bertz CT molecular complexity index is 620.